The number of hydrogen-bond donors (Lipinski definition) is 1. The number of halogens is 1. The molecule has 23 heavy (non-hydrogen) atoms. The molecule has 1 aromatic carbocycles. The second-order valence-electron chi connectivity index (χ2n) is 6.26. The van der Waals surface area contributed by atoms with Gasteiger partial charge in [0, 0.05) is 32.2 Å². The number of carbonyl (C=O) groups excluding carboxylic acids is 1. The van der Waals surface area contributed by atoms with E-state index in [2.05, 4.69) is 10.2 Å². The summed E-state index contributed by atoms with van der Waals surface area (Å²) in [4.78, 5) is 17.0. The van der Waals surface area contributed by atoms with Crippen molar-refractivity contribution in [3.63, 3.8) is 0 Å². The van der Waals surface area contributed by atoms with Gasteiger partial charge in [0.2, 0.25) is 0 Å². The number of urea groups is 1. The van der Waals surface area contributed by atoms with Gasteiger partial charge in [0.25, 0.3) is 0 Å². The fourth-order valence-corrected chi connectivity index (χ4v) is 3.61. The molecule has 5 nitrogen and oxygen atoms in total. The lowest BCUT2D eigenvalue weighted by Gasteiger charge is -2.33. The van der Waals surface area contributed by atoms with Crippen LogP contribution >= 0.6 is 11.6 Å². The molecule has 6 heteroatoms. The van der Waals surface area contributed by atoms with Crippen molar-refractivity contribution < 1.29 is 9.53 Å². The second-order valence-corrected chi connectivity index (χ2v) is 6.67. The van der Waals surface area contributed by atoms with E-state index in [1.54, 1.807) is 6.07 Å². The molecule has 2 heterocycles. The highest BCUT2D eigenvalue weighted by atomic mass is 35.5. The van der Waals surface area contributed by atoms with Crippen molar-refractivity contribution in [1.29, 1.82) is 0 Å². The summed E-state index contributed by atoms with van der Waals surface area (Å²) in [6.07, 6.45) is 2.12. The van der Waals surface area contributed by atoms with Gasteiger partial charge in [0.1, 0.15) is 0 Å². The van der Waals surface area contributed by atoms with Gasteiger partial charge in [-0.3, -0.25) is 4.90 Å². The maximum absolute atomic E-state index is 12.7. The maximum atomic E-state index is 12.7. The topological polar surface area (TPSA) is 44.8 Å². The van der Waals surface area contributed by atoms with E-state index in [9.17, 15) is 4.79 Å². The van der Waals surface area contributed by atoms with Crippen LogP contribution in [0.4, 0.5) is 10.5 Å². The summed E-state index contributed by atoms with van der Waals surface area (Å²) in [7, 11) is 0. The quantitative estimate of drug-likeness (QED) is 0.922. The third-order valence-electron chi connectivity index (χ3n) is 4.66. The van der Waals surface area contributed by atoms with Crippen LogP contribution in [0.2, 0.25) is 5.02 Å². The lowest BCUT2D eigenvalue weighted by atomic mass is 10.2. The van der Waals surface area contributed by atoms with E-state index in [1.807, 2.05) is 24.0 Å². The number of morpholine rings is 1. The van der Waals surface area contributed by atoms with Gasteiger partial charge in [-0.05, 0) is 31.4 Å². The zero-order valence-electron chi connectivity index (χ0n) is 13.6. The lowest BCUT2D eigenvalue weighted by Crippen LogP contribution is -2.47. The average molecular weight is 338 g/mol. The number of nitrogens with one attached hydrogen (secondary N) is 1. The van der Waals surface area contributed by atoms with Crippen LogP contribution in [0.25, 0.3) is 0 Å². The molecule has 1 aromatic rings. The molecule has 1 N–H and O–H groups in total. The van der Waals surface area contributed by atoms with Crippen LogP contribution in [0.15, 0.2) is 18.2 Å². The van der Waals surface area contributed by atoms with E-state index in [-0.39, 0.29) is 12.1 Å². The Morgan fingerprint density at radius 1 is 1.35 bits per heavy atom. The molecule has 126 valence electrons. The van der Waals surface area contributed by atoms with Gasteiger partial charge >= 0.3 is 6.03 Å². The Labute approximate surface area is 142 Å². The van der Waals surface area contributed by atoms with Gasteiger partial charge in [-0.2, -0.15) is 0 Å². The smallest absolute Gasteiger partial charge is 0.322 e. The Bertz CT molecular complexity index is 541. The molecule has 2 aliphatic rings. The Morgan fingerprint density at radius 2 is 2.13 bits per heavy atom. The monoisotopic (exact) mass is 337 g/mol. The summed E-state index contributed by atoms with van der Waals surface area (Å²) in [5, 5.41) is 3.58. The van der Waals surface area contributed by atoms with E-state index >= 15 is 0 Å². The number of amides is 2. The van der Waals surface area contributed by atoms with E-state index in [0.717, 1.165) is 63.5 Å². The third-order valence-corrected chi connectivity index (χ3v) is 4.98. The summed E-state index contributed by atoms with van der Waals surface area (Å²) < 4.78 is 5.39. The molecule has 3 rings (SSSR count). The molecule has 0 aliphatic carbocycles. The van der Waals surface area contributed by atoms with Crippen molar-refractivity contribution in [2.75, 3.05) is 44.7 Å². The Balaban J connectivity index is 1.63. The molecule has 0 saturated carbocycles. The van der Waals surface area contributed by atoms with Crippen molar-refractivity contribution in [3.8, 4) is 0 Å². The summed E-state index contributed by atoms with van der Waals surface area (Å²) >= 11 is 6.22. The first kappa shape index (κ1) is 16.6. The standard InChI is InChI=1S/C17H24ClN3O2/c1-13-4-2-6-15(18)16(13)19-17(22)21-7-3-5-14(21)12-20-8-10-23-11-9-20/h2,4,6,14H,3,5,7-12H2,1H3,(H,19,22). The molecule has 1 atom stereocenters. The lowest BCUT2D eigenvalue weighted by molar-refractivity contribution is 0.0296. The van der Waals surface area contributed by atoms with Gasteiger partial charge in [-0.1, -0.05) is 23.7 Å². The van der Waals surface area contributed by atoms with Crippen molar-refractivity contribution >= 4 is 23.3 Å². The minimum Gasteiger partial charge on any atom is -0.379 e. The molecule has 2 aliphatic heterocycles. The number of carbonyl (C=O) groups is 1. The molecule has 0 radical (unpaired) electrons. The van der Waals surface area contributed by atoms with Crippen molar-refractivity contribution in [2.24, 2.45) is 0 Å². The largest absolute Gasteiger partial charge is 0.379 e. The number of anilines is 1. The normalized spacial score (nSPS) is 22.3. The number of para-hydroxylation sites is 1. The van der Waals surface area contributed by atoms with Crippen LogP contribution in [0.1, 0.15) is 18.4 Å². The minimum atomic E-state index is -0.0445. The van der Waals surface area contributed by atoms with Crippen molar-refractivity contribution in [2.45, 2.75) is 25.8 Å². The third kappa shape index (κ3) is 3.97. The zero-order chi connectivity index (χ0) is 16.2. The Morgan fingerprint density at radius 3 is 2.87 bits per heavy atom. The number of aryl methyl sites for hydroxylation is 1. The number of benzene rings is 1. The van der Waals surface area contributed by atoms with Crippen molar-refractivity contribution in [1.82, 2.24) is 9.80 Å². The SMILES string of the molecule is Cc1cccc(Cl)c1NC(=O)N1CCCC1CN1CCOCC1. The summed E-state index contributed by atoms with van der Waals surface area (Å²) in [6, 6.07) is 5.88. The summed E-state index contributed by atoms with van der Waals surface area (Å²) in [5.41, 5.74) is 1.70. The fraction of sp³-hybridized carbons (Fsp3) is 0.588. The molecule has 0 aromatic heterocycles. The van der Waals surface area contributed by atoms with Gasteiger partial charge in [0.15, 0.2) is 0 Å². The summed E-state index contributed by atoms with van der Waals surface area (Å²) in [6.45, 7) is 7.18. The van der Waals surface area contributed by atoms with E-state index in [0.29, 0.717) is 5.02 Å². The molecule has 1 unspecified atom stereocenters. The highest BCUT2D eigenvalue weighted by Crippen LogP contribution is 2.27. The number of hydrogen-bond acceptors (Lipinski definition) is 3. The van der Waals surface area contributed by atoms with Gasteiger partial charge < -0.3 is 15.0 Å². The van der Waals surface area contributed by atoms with E-state index < -0.39 is 0 Å². The minimum absolute atomic E-state index is 0.0445. The molecule has 2 fully saturated rings. The average Bonchev–Trinajstić information content (AvgIpc) is 3.00. The second kappa shape index (κ2) is 7.51. The fourth-order valence-electron chi connectivity index (χ4n) is 3.34. The van der Waals surface area contributed by atoms with Crippen LogP contribution in [0.3, 0.4) is 0 Å². The number of likely N-dealkylation sites (tertiary alicyclic amines) is 1. The van der Waals surface area contributed by atoms with E-state index in [1.165, 1.54) is 0 Å². The number of rotatable bonds is 3. The predicted octanol–water partition coefficient (Wildman–Crippen LogP) is 2.98. The number of ether oxygens (including phenoxy) is 1. The molecular weight excluding hydrogens is 314 g/mol. The van der Waals surface area contributed by atoms with Crippen LogP contribution in [0, 0.1) is 6.92 Å². The predicted molar refractivity (Wildman–Crippen MR) is 92.2 cm³/mol. The van der Waals surface area contributed by atoms with Gasteiger partial charge in [-0.25, -0.2) is 4.79 Å². The Kier molecular flexibility index (Phi) is 5.41. The van der Waals surface area contributed by atoms with Crippen molar-refractivity contribution in [3.05, 3.63) is 28.8 Å². The zero-order valence-corrected chi connectivity index (χ0v) is 14.3. The molecule has 0 bridgehead atoms. The first-order chi connectivity index (χ1) is 11.1. The Hall–Kier alpha value is -1.30. The van der Waals surface area contributed by atoms with Gasteiger partial charge in [-0.15, -0.1) is 0 Å². The molecule has 2 saturated heterocycles. The first-order valence-electron chi connectivity index (χ1n) is 8.28. The maximum Gasteiger partial charge on any atom is 0.322 e. The molecule has 0 spiro atoms. The molecule has 2 amide bonds. The van der Waals surface area contributed by atoms with Crippen LogP contribution in [-0.4, -0.2) is 61.3 Å². The highest BCUT2D eigenvalue weighted by Gasteiger charge is 2.31. The first-order valence-corrected chi connectivity index (χ1v) is 8.66. The summed E-state index contributed by atoms with van der Waals surface area (Å²) in [5.74, 6) is 0. The van der Waals surface area contributed by atoms with Crippen LogP contribution in [-0.2, 0) is 4.74 Å². The number of nitrogens with zero attached hydrogens (tertiary/aromatic N) is 2. The van der Waals surface area contributed by atoms with Gasteiger partial charge in [0.05, 0.1) is 23.9 Å². The van der Waals surface area contributed by atoms with Crippen LogP contribution < -0.4 is 5.32 Å². The molecular formula is C17H24ClN3O2. The highest BCUT2D eigenvalue weighted by molar-refractivity contribution is 6.33. The van der Waals surface area contributed by atoms with Crippen LogP contribution in [0.5, 0.6) is 0 Å². The van der Waals surface area contributed by atoms with E-state index in [4.69, 9.17) is 16.3 Å².